The van der Waals surface area contributed by atoms with Gasteiger partial charge in [0.25, 0.3) is 11.5 Å². The SMILES string of the molecule is Cc1ccn(CCc2ccccc2)c(=O)c1C(=O)N1CCN(CCC2OCCO2)CC1. The van der Waals surface area contributed by atoms with Gasteiger partial charge in [0.1, 0.15) is 5.56 Å². The van der Waals surface area contributed by atoms with Gasteiger partial charge in [0, 0.05) is 51.9 Å². The second kappa shape index (κ2) is 10.2. The fraction of sp³-hybridized carbons (Fsp3) is 0.500. The highest BCUT2D eigenvalue weighted by atomic mass is 16.7. The lowest BCUT2D eigenvalue weighted by Gasteiger charge is -2.35. The number of ether oxygens (including phenoxy) is 2. The van der Waals surface area contributed by atoms with Gasteiger partial charge in [0.2, 0.25) is 0 Å². The van der Waals surface area contributed by atoms with E-state index in [1.54, 1.807) is 10.8 Å². The molecule has 2 aliphatic heterocycles. The molecule has 7 heteroatoms. The van der Waals surface area contributed by atoms with E-state index in [1.807, 2.05) is 36.1 Å². The van der Waals surface area contributed by atoms with Crippen molar-refractivity contribution in [2.45, 2.75) is 32.6 Å². The van der Waals surface area contributed by atoms with Crippen molar-refractivity contribution in [1.82, 2.24) is 14.4 Å². The van der Waals surface area contributed by atoms with Crippen LogP contribution in [0.3, 0.4) is 0 Å². The predicted octanol–water partition coefficient (Wildman–Crippen LogP) is 1.92. The van der Waals surface area contributed by atoms with E-state index in [4.69, 9.17) is 9.47 Å². The maximum absolute atomic E-state index is 13.2. The molecule has 0 unspecified atom stereocenters. The number of aryl methyl sites for hydroxylation is 3. The molecule has 166 valence electrons. The Kier molecular flexibility index (Phi) is 7.17. The first kappa shape index (κ1) is 21.7. The summed E-state index contributed by atoms with van der Waals surface area (Å²) < 4.78 is 12.7. The number of carbonyl (C=O) groups is 1. The number of hydrogen-bond acceptors (Lipinski definition) is 5. The van der Waals surface area contributed by atoms with Crippen LogP contribution in [0.5, 0.6) is 0 Å². The van der Waals surface area contributed by atoms with Crippen molar-refractivity contribution in [1.29, 1.82) is 0 Å². The highest BCUT2D eigenvalue weighted by Crippen LogP contribution is 2.13. The summed E-state index contributed by atoms with van der Waals surface area (Å²) in [6.45, 7) is 7.49. The highest BCUT2D eigenvalue weighted by Gasteiger charge is 2.26. The lowest BCUT2D eigenvalue weighted by molar-refractivity contribution is -0.0529. The third-order valence-electron chi connectivity index (χ3n) is 6.10. The first-order valence-corrected chi connectivity index (χ1v) is 11.1. The summed E-state index contributed by atoms with van der Waals surface area (Å²) in [6, 6.07) is 11.9. The van der Waals surface area contributed by atoms with Crippen molar-refractivity contribution in [3.8, 4) is 0 Å². The zero-order valence-corrected chi connectivity index (χ0v) is 18.2. The summed E-state index contributed by atoms with van der Waals surface area (Å²) >= 11 is 0. The van der Waals surface area contributed by atoms with Crippen LogP contribution in [0, 0.1) is 6.92 Å². The fourth-order valence-corrected chi connectivity index (χ4v) is 4.19. The van der Waals surface area contributed by atoms with Gasteiger partial charge in [-0.25, -0.2) is 0 Å². The van der Waals surface area contributed by atoms with Crippen LogP contribution in [-0.2, 0) is 22.4 Å². The Balaban J connectivity index is 1.36. The first-order chi connectivity index (χ1) is 15.1. The molecule has 0 atom stereocenters. The van der Waals surface area contributed by atoms with Crippen LogP contribution in [0.1, 0.15) is 27.9 Å². The van der Waals surface area contributed by atoms with Crippen LogP contribution in [0.15, 0.2) is 47.4 Å². The molecule has 0 bridgehead atoms. The van der Waals surface area contributed by atoms with Crippen LogP contribution < -0.4 is 5.56 Å². The third kappa shape index (κ3) is 5.42. The van der Waals surface area contributed by atoms with Crippen LogP contribution in [0.2, 0.25) is 0 Å². The molecule has 0 aliphatic carbocycles. The number of pyridine rings is 1. The van der Waals surface area contributed by atoms with Gasteiger partial charge in [-0.2, -0.15) is 0 Å². The maximum Gasteiger partial charge on any atom is 0.263 e. The number of rotatable bonds is 7. The van der Waals surface area contributed by atoms with E-state index in [0.29, 0.717) is 38.4 Å². The van der Waals surface area contributed by atoms with E-state index in [2.05, 4.69) is 17.0 Å². The summed E-state index contributed by atoms with van der Waals surface area (Å²) in [5, 5.41) is 0. The molecule has 2 fully saturated rings. The minimum Gasteiger partial charge on any atom is -0.350 e. The van der Waals surface area contributed by atoms with E-state index in [1.165, 1.54) is 5.56 Å². The average molecular weight is 426 g/mol. The second-order valence-corrected chi connectivity index (χ2v) is 8.20. The van der Waals surface area contributed by atoms with E-state index < -0.39 is 0 Å². The number of carbonyl (C=O) groups excluding carboxylic acids is 1. The zero-order valence-electron chi connectivity index (χ0n) is 18.2. The highest BCUT2D eigenvalue weighted by molar-refractivity contribution is 5.95. The van der Waals surface area contributed by atoms with Gasteiger partial charge in [0.05, 0.1) is 13.2 Å². The maximum atomic E-state index is 13.2. The Morgan fingerprint density at radius 3 is 2.42 bits per heavy atom. The summed E-state index contributed by atoms with van der Waals surface area (Å²) in [4.78, 5) is 30.4. The molecule has 0 spiro atoms. The fourth-order valence-electron chi connectivity index (χ4n) is 4.19. The zero-order chi connectivity index (χ0) is 21.6. The molecular weight excluding hydrogens is 394 g/mol. The molecule has 3 heterocycles. The Bertz CT molecular complexity index is 930. The van der Waals surface area contributed by atoms with Gasteiger partial charge in [-0.15, -0.1) is 0 Å². The standard InChI is InChI=1S/C24H31N3O4/c1-19-7-11-26(12-8-20-5-3-2-4-6-20)23(28)22(19)24(29)27-15-13-25(14-16-27)10-9-21-30-17-18-31-21/h2-7,11,21H,8-10,12-18H2,1H3. The number of aromatic nitrogens is 1. The van der Waals surface area contributed by atoms with Crippen molar-refractivity contribution >= 4 is 5.91 Å². The molecule has 1 amide bonds. The molecule has 7 nitrogen and oxygen atoms in total. The molecule has 1 aromatic carbocycles. The minimum atomic E-state index is -0.195. The minimum absolute atomic E-state index is 0.0963. The van der Waals surface area contributed by atoms with Gasteiger partial charge in [-0.05, 0) is 30.5 Å². The van der Waals surface area contributed by atoms with Crippen LogP contribution in [0.25, 0.3) is 0 Å². The molecule has 2 aromatic rings. The summed E-state index contributed by atoms with van der Waals surface area (Å²) in [7, 11) is 0. The topological polar surface area (TPSA) is 64.0 Å². The van der Waals surface area contributed by atoms with Gasteiger partial charge in [0.15, 0.2) is 6.29 Å². The number of benzene rings is 1. The summed E-state index contributed by atoms with van der Waals surface area (Å²) in [5.41, 5.74) is 2.02. The largest absolute Gasteiger partial charge is 0.350 e. The van der Waals surface area contributed by atoms with Crippen LogP contribution in [-0.4, -0.2) is 72.5 Å². The molecule has 31 heavy (non-hydrogen) atoms. The lowest BCUT2D eigenvalue weighted by atomic mass is 10.1. The number of nitrogens with zero attached hydrogens (tertiary/aromatic N) is 3. The molecule has 1 aromatic heterocycles. The molecule has 2 saturated heterocycles. The quantitative estimate of drug-likeness (QED) is 0.678. The van der Waals surface area contributed by atoms with E-state index in [-0.39, 0.29) is 17.8 Å². The second-order valence-electron chi connectivity index (χ2n) is 8.20. The molecule has 4 rings (SSSR count). The summed E-state index contributed by atoms with van der Waals surface area (Å²) in [6.07, 6.45) is 3.30. The van der Waals surface area contributed by atoms with Gasteiger partial charge in [-0.3, -0.25) is 14.5 Å². The number of amides is 1. The third-order valence-corrected chi connectivity index (χ3v) is 6.10. The average Bonchev–Trinajstić information content (AvgIpc) is 3.32. The Hall–Kier alpha value is -2.48. The molecule has 0 saturated carbocycles. The van der Waals surface area contributed by atoms with Crippen molar-refractivity contribution in [2.75, 3.05) is 45.9 Å². The Labute approximate surface area is 183 Å². The normalized spacial score (nSPS) is 17.9. The summed E-state index contributed by atoms with van der Waals surface area (Å²) in [5.74, 6) is -0.154. The van der Waals surface area contributed by atoms with Crippen molar-refractivity contribution in [3.05, 3.63) is 69.6 Å². The molecule has 0 radical (unpaired) electrons. The van der Waals surface area contributed by atoms with Gasteiger partial charge in [-0.1, -0.05) is 30.3 Å². The monoisotopic (exact) mass is 425 g/mol. The van der Waals surface area contributed by atoms with Crippen LogP contribution >= 0.6 is 0 Å². The van der Waals surface area contributed by atoms with Crippen molar-refractivity contribution in [3.63, 3.8) is 0 Å². The number of hydrogen-bond donors (Lipinski definition) is 0. The van der Waals surface area contributed by atoms with E-state index in [0.717, 1.165) is 38.0 Å². The van der Waals surface area contributed by atoms with Crippen molar-refractivity contribution in [2.24, 2.45) is 0 Å². The van der Waals surface area contributed by atoms with E-state index >= 15 is 0 Å². The molecule has 0 N–H and O–H groups in total. The van der Waals surface area contributed by atoms with Gasteiger partial charge >= 0.3 is 0 Å². The first-order valence-electron chi connectivity index (χ1n) is 11.1. The Morgan fingerprint density at radius 1 is 1.00 bits per heavy atom. The van der Waals surface area contributed by atoms with Crippen LogP contribution in [0.4, 0.5) is 0 Å². The molecular formula is C24H31N3O4. The lowest BCUT2D eigenvalue weighted by Crippen LogP contribution is -2.50. The predicted molar refractivity (Wildman–Crippen MR) is 118 cm³/mol. The molecule has 2 aliphatic rings. The van der Waals surface area contributed by atoms with Crippen molar-refractivity contribution < 1.29 is 14.3 Å². The Morgan fingerprint density at radius 2 is 1.71 bits per heavy atom. The number of piperazine rings is 1. The van der Waals surface area contributed by atoms with E-state index in [9.17, 15) is 9.59 Å². The smallest absolute Gasteiger partial charge is 0.263 e. The van der Waals surface area contributed by atoms with Gasteiger partial charge < -0.3 is 18.9 Å².